The molecule has 3 aromatic rings. The second kappa shape index (κ2) is 17.5. The Kier molecular flexibility index (Phi) is 13.8. The fourth-order valence-electron chi connectivity index (χ4n) is 5.60. The number of carbonyl (C=O) groups excluding carboxylic acids is 4. The zero-order chi connectivity index (χ0) is 34.7. The molecule has 5 atom stereocenters. The molecule has 0 aromatic heterocycles. The first kappa shape index (κ1) is 37.1. The first-order valence-electron chi connectivity index (χ1n) is 16.0. The third kappa shape index (κ3) is 10.8. The predicted molar refractivity (Wildman–Crippen MR) is 183 cm³/mol. The van der Waals surface area contributed by atoms with Crippen LogP contribution in [-0.4, -0.2) is 58.4 Å². The number of nitrogens with two attached hydrogens (primary N) is 1. The lowest BCUT2D eigenvalue weighted by Crippen LogP contribution is -2.57. The minimum Gasteiger partial charge on any atom is -0.391 e. The van der Waals surface area contributed by atoms with Crippen molar-refractivity contribution in [3.05, 3.63) is 96.1 Å². The topological polar surface area (TPSA) is 154 Å². The summed E-state index contributed by atoms with van der Waals surface area (Å²) in [5.41, 5.74) is 13.2. The smallest absolute Gasteiger partial charge is 0.257 e. The van der Waals surface area contributed by atoms with Gasteiger partial charge in [0, 0.05) is 33.0 Å². The molecular formula is C37H49N5O5. The summed E-state index contributed by atoms with van der Waals surface area (Å²) in [5.74, 6) is -3.21. The highest BCUT2D eigenvalue weighted by Gasteiger charge is 2.40. The third-order valence-corrected chi connectivity index (χ3v) is 8.06. The molecule has 0 aliphatic carbocycles. The maximum atomic E-state index is 14.1. The van der Waals surface area contributed by atoms with E-state index in [1.807, 2.05) is 88.4 Å². The fourth-order valence-corrected chi connectivity index (χ4v) is 5.60. The van der Waals surface area contributed by atoms with Gasteiger partial charge in [0.05, 0.1) is 18.1 Å². The maximum Gasteiger partial charge on any atom is 0.257 e. The number of carbonyl (C=O) groups is 4. The second-order valence-electron chi connectivity index (χ2n) is 12.7. The van der Waals surface area contributed by atoms with Crippen LogP contribution < -0.4 is 21.8 Å². The van der Waals surface area contributed by atoms with Crippen LogP contribution in [0, 0.1) is 17.8 Å². The number of hydrazine groups is 1. The number of nitrogens with zero attached hydrogens (tertiary/aromatic N) is 1. The van der Waals surface area contributed by atoms with Crippen LogP contribution >= 0.6 is 0 Å². The zero-order valence-corrected chi connectivity index (χ0v) is 28.1. The van der Waals surface area contributed by atoms with E-state index in [4.69, 9.17) is 5.73 Å². The highest BCUT2D eigenvalue weighted by Crippen LogP contribution is 2.27. The maximum absolute atomic E-state index is 14.1. The number of rotatable bonds is 16. The number of hydrogen-bond donors (Lipinski definition) is 5. The fraction of sp³-hybridized carbons (Fsp3) is 0.405. The molecule has 0 saturated heterocycles. The van der Waals surface area contributed by atoms with Crippen molar-refractivity contribution in [1.29, 1.82) is 0 Å². The van der Waals surface area contributed by atoms with Crippen molar-refractivity contribution < 1.29 is 24.3 Å². The van der Waals surface area contributed by atoms with Gasteiger partial charge in [-0.1, -0.05) is 113 Å². The molecule has 0 aliphatic heterocycles. The normalized spacial score (nSPS) is 14.6. The van der Waals surface area contributed by atoms with Crippen LogP contribution in [0.15, 0.2) is 84.9 Å². The van der Waals surface area contributed by atoms with Gasteiger partial charge in [0.2, 0.25) is 11.8 Å². The Labute approximate surface area is 278 Å². The van der Waals surface area contributed by atoms with Gasteiger partial charge in [0.1, 0.15) is 6.04 Å². The van der Waals surface area contributed by atoms with Gasteiger partial charge in [-0.2, -0.15) is 0 Å². The van der Waals surface area contributed by atoms with Gasteiger partial charge in [0.15, 0.2) is 5.78 Å². The number of aliphatic hydroxyl groups excluding tert-OH is 1. The monoisotopic (exact) mass is 643 g/mol. The Morgan fingerprint density at radius 3 is 1.72 bits per heavy atom. The Morgan fingerprint density at radius 2 is 1.21 bits per heavy atom. The molecule has 1 unspecified atom stereocenters. The van der Waals surface area contributed by atoms with Crippen LogP contribution in [0.5, 0.6) is 0 Å². The molecule has 10 heteroatoms. The minimum atomic E-state index is -1.35. The third-order valence-electron chi connectivity index (χ3n) is 8.06. The van der Waals surface area contributed by atoms with E-state index < -0.39 is 41.8 Å². The van der Waals surface area contributed by atoms with Gasteiger partial charge in [-0.15, -0.1) is 0 Å². The molecule has 0 saturated carbocycles. The van der Waals surface area contributed by atoms with Crippen molar-refractivity contribution in [2.75, 3.05) is 6.54 Å². The lowest BCUT2D eigenvalue weighted by molar-refractivity contribution is -0.136. The van der Waals surface area contributed by atoms with Crippen LogP contribution in [0.25, 0.3) is 11.1 Å². The van der Waals surface area contributed by atoms with Crippen LogP contribution in [-0.2, 0) is 25.7 Å². The van der Waals surface area contributed by atoms with Crippen LogP contribution in [0.3, 0.4) is 0 Å². The summed E-state index contributed by atoms with van der Waals surface area (Å²) in [7, 11) is 0. The van der Waals surface area contributed by atoms with Gasteiger partial charge in [-0.25, -0.2) is 5.01 Å². The van der Waals surface area contributed by atoms with Crippen molar-refractivity contribution in [1.82, 2.24) is 21.1 Å². The van der Waals surface area contributed by atoms with Crippen molar-refractivity contribution in [2.45, 2.75) is 72.3 Å². The molecule has 0 bridgehead atoms. The first-order valence-corrected chi connectivity index (χ1v) is 16.0. The molecule has 0 fully saturated rings. The number of ketones is 1. The Morgan fingerprint density at radius 1 is 0.723 bits per heavy atom. The molecule has 0 radical (unpaired) electrons. The number of amides is 3. The van der Waals surface area contributed by atoms with Crippen LogP contribution in [0.1, 0.15) is 58.7 Å². The minimum absolute atomic E-state index is 0.168. The average Bonchev–Trinajstić information content (AvgIpc) is 3.03. The summed E-state index contributed by atoms with van der Waals surface area (Å²) in [6.45, 7) is 9.98. The van der Waals surface area contributed by atoms with Gasteiger partial charge >= 0.3 is 0 Å². The van der Waals surface area contributed by atoms with Gasteiger partial charge < -0.3 is 21.5 Å². The average molecular weight is 644 g/mol. The quantitative estimate of drug-likeness (QED) is 0.149. The van der Waals surface area contributed by atoms with E-state index in [2.05, 4.69) is 16.1 Å². The Hall–Kier alpha value is -4.38. The van der Waals surface area contributed by atoms with Crippen molar-refractivity contribution in [3.63, 3.8) is 0 Å². The van der Waals surface area contributed by atoms with Crippen LogP contribution in [0.2, 0.25) is 0 Å². The van der Waals surface area contributed by atoms with E-state index in [1.165, 1.54) is 13.8 Å². The van der Waals surface area contributed by atoms with E-state index in [0.29, 0.717) is 5.56 Å². The molecule has 6 N–H and O–H groups in total. The lowest BCUT2D eigenvalue weighted by atomic mass is 9.80. The highest BCUT2D eigenvalue weighted by atomic mass is 16.3. The Bertz CT molecular complexity index is 1460. The van der Waals surface area contributed by atoms with Crippen molar-refractivity contribution in [3.8, 4) is 11.1 Å². The molecule has 0 spiro atoms. The van der Waals surface area contributed by atoms with E-state index in [0.717, 1.165) is 16.7 Å². The molecular weight excluding hydrogens is 594 g/mol. The van der Waals surface area contributed by atoms with E-state index in [-0.39, 0.29) is 36.7 Å². The number of benzene rings is 3. The second-order valence-corrected chi connectivity index (χ2v) is 12.7. The SMILES string of the molecule is CC(=O)N[C@H](C(=O)NN(Cc1ccc(-c2ccccc2)cc1)C[C@@H](O)[C@@H](C(=O)[C@@H](NC(C)=O)C(C)C)C(N)c1ccccc1)C(C)C. The van der Waals surface area contributed by atoms with E-state index in [9.17, 15) is 24.3 Å². The summed E-state index contributed by atoms with van der Waals surface area (Å²) >= 11 is 0. The molecule has 252 valence electrons. The number of aliphatic hydroxyl groups is 1. The summed E-state index contributed by atoms with van der Waals surface area (Å²) in [6.07, 6.45) is -1.35. The molecule has 0 heterocycles. The summed E-state index contributed by atoms with van der Waals surface area (Å²) < 4.78 is 0. The number of nitrogens with one attached hydrogen (secondary N) is 3. The largest absolute Gasteiger partial charge is 0.391 e. The number of Topliss-reactive ketones (excluding diaryl/α,β-unsaturated/α-hetero) is 1. The van der Waals surface area contributed by atoms with Crippen LogP contribution in [0.4, 0.5) is 0 Å². The summed E-state index contributed by atoms with van der Waals surface area (Å²) in [4.78, 5) is 51.6. The molecule has 3 aromatic carbocycles. The standard InChI is InChI=1S/C37H49N5O5/c1-23(2)34(39-25(5)43)36(46)32(33(38)30-15-11-8-12-16-30)31(45)22-42(41-37(47)35(24(3)4)40-26(6)44)21-27-17-19-29(20-18-27)28-13-9-7-10-14-28/h7-20,23-24,31-35,45H,21-22,38H2,1-6H3,(H,39,43)(H,40,44)(H,41,47)/t31-,32-,33?,34+,35+/m1/s1. The molecule has 10 nitrogen and oxygen atoms in total. The molecule has 3 rings (SSSR count). The van der Waals surface area contributed by atoms with E-state index >= 15 is 0 Å². The first-order chi connectivity index (χ1) is 22.3. The van der Waals surface area contributed by atoms with Crippen molar-refractivity contribution in [2.24, 2.45) is 23.5 Å². The summed E-state index contributed by atoms with van der Waals surface area (Å²) in [5, 5.41) is 18.8. The predicted octanol–water partition coefficient (Wildman–Crippen LogP) is 3.75. The summed E-state index contributed by atoms with van der Waals surface area (Å²) in [6, 6.07) is 24.1. The zero-order valence-electron chi connectivity index (χ0n) is 28.1. The number of hydrogen-bond acceptors (Lipinski definition) is 7. The van der Waals surface area contributed by atoms with Crippen molar-refractivity contribution >= 4 is 23.5 Å². The van der Waals surface area contributed by atoms with Gasteiger partial charge in [-0.3, -0.25) is 24.6 Å². The molecule has 3 amide bonds. The van der Waals surface area contributed by atoms with E-state index in [1.54, 1.807) is 29.3 Å². The lowest BCUT2D eigenvalue weighted by Gasteiger charge is -2.35. The van der Waals surface area contributed by atoms with Gasteiger partial charge in [-0.05, 0) is 34.1 Å². The van der Waals surface area contributed by atoms with Gasteiger partial charge in [0.25, 0.3) is 5.91 Å². The molecule has 0 aliphatic rings. The highest BCUT2D eigenvalue weighted by molar-refractivity contribution is 5.91. The molecule has 47 heavy (non-hydrogen) atoms. The Balaban J connectivity index is 1.98.